The van der Waals surface area contributed by atoms with Crippen LogP contribution in [0.2, 0.25) is 0 Å². The lowest BCUT2D eigenvalue weighted by Crippen LogP contribution is -2.46. The molecule has 0 aliphatic carbocycles. The zero-order chi connectivity index (χ0) is 23.6. The number of imide groups is 1. The molecule has 0 aromatic heterocycles. The first kappa shape index (κ1) is 23.7. The number of fused-ring (bicyclic) bond motifs is 1. The minimum absolute atomic E-state index is 0.0130. The van der Waals surface area contributed by atoms with Gasteiger partial charge in [0.15, 0.2) is 6.61 Å². The van der Waals surface area contributed by atoms with Gasteiger partial charge in [-0.25, -0.2) is 4.79 Å². The number of ether oxygens (including phenoxy) is 1. The van der Waals surface area contributed by atoms with E-state index in [1.54, 1.807) is 24.3 Å². The summed E-state index contributed by atoms with van der Waals surface area (Å²) in [6, 6.07) is 9.05. The normalized spacial score (nSPS) is 13.9. The van der Waals surface area contributed by atoms with Crippen LogP contribution in [-0.2, 0) is 14.3 Å². The summed E-state index contributed by atoms with van der Waals surface area (Å²) in [6.45, 7) is 6.99. The van der Waals surface area contributed by atoms with Gasteiger partial charge in [-0.3, -0.25) is 19.3 Å². The number of benzene rings is 2. The zero-order valence-electron chi connectivity index (χ0n) is 18.4. The van der Waals surface area contributed by atoms with E-state index in [0.717, 1.165) is 20.5 Å². The highest BCUT2D eigenvalue weighted by Crippen LogP contribution is 2.28. The van der Waals surface area contributed by atoms with Gasteiger partial charge in [-0.2, -0.15) is 0 Å². The van der Waals surface area contributed by atoms with E-state index in [1.807, 2.05) is 39.8 Å². The van der Waals surface area contributed by atoms with E-state index in [9.17, 15) is 19.2 Å². The Morgan fingerprint density at radius 3 is 2.19 bits per heavy atom. The number of nitrogens with one attached hydrogen (secondary N) is 1. The predicted octanol–water partition coefficient (Wildman–Crippen LogP) is 4.26. The van der Waals surface area contributed by atoms with Gasteiger partial charge in [-0.05, 0) is 61.6 Å². The van der Waals surface area contributed by atoms with Crippen molar-refractivity contribution in [1.82, 2.24) is 4.90 Å². The van der Waals surface area contributed by atoms with Crippen LogP contribution < -0.4 is 5.32 Å². The average molecular weight is 501 g/mol. The van der Waals surface area contributed by atoms with E-state index in [-0.39, 0.29) is 23.5 Å². The number of halogens is 1. The Balaban J connectivity index is 1.71. The van der Waals surface area contributed by atoms with Crippen LogP contribution in [0.25, 0.3) is 0 Å². The first-order valence-corrected chi connectivity index (χ1v) is 11.1. The molecule has 8 heteroatoms. The molecule has 0 unspecified atom stereocenters. The van der Waals surface area contributed by atoms with Crippen molar-refractivity contribution in [2.24, 2.45) is 5.92 Å². The standard InChI is InChI=1S/C24H25BrN2O5/c1-13(2)9-20(27-22(29)16-7-5-6-8-17(16)23(27)30)24(31)32-12-21(28)26-19-11-14(3)18(25)10-15(19)4/h5-8,10-11,13,20H,9,12H2,1-4H3,(H,26,28)/t20-/m0/s1. The van der Waals surface area contributed by atoms with Gasteiger partial charge in [0.2, 0.25) is 0 Å². The smallest absolute Gasteiger partial charge is 0.329 e. The Morgan fingerprint density at radius 2 is 1.62 bits per heavy atom. The largest absolute Gasteiger partial charge is 0.454 e. The molecule has 1 aliphatic heterocycles. The third-order valence-electron chi connectivity index (χ3n) is 5.23. The number of anilines is 1. The van der Waals surface area contributed by atoms with E-state index in [2.05, 4.69) is 21.2 Å². The van der Waals surface area contributed by atoms with E-state index in [1.165, 1.54) is 0 Å². The Bertz CT molecular complexity index is 1060. The predicted molar refractivity (Wildman–Crippen MR) is 123 cm³/mol. The number of aryl methyl sites for hydroxylation is 2. The average Bonchev–Trinajstić information content (AvgIpc) is 2.99. The summed E-state index contributed by atoms with van der Waals surface area (Å²) in [5, 5.41) is 2.73. The number of amides is 3. The Hall–Kier alpha value is -3.00. The topological polar surface area (TPSA) is 92.8 Å². The van der Waals surface area contributed by atoms with E-state index in [4.69, 9.17) is 4.74 Å². The van der Waals surface area contributed by atoms with Crippen molar-refractivity contribution < 1.29 is 23.9 Å². The van der Waals surface area contributed by atoms with Crippen molar-refractivity contribution in [3.63, 3.8) is 0 Å². The van der Waals surface area contributed by atoms with E-state index in [0.29, 0.717) is 5.69 Å². The maximum absolute atomic E-state index is 12.9. The molecule has 168 valence electrons. The van der Waals surface area contributed by atoms with Crippen LogP contribution in [0.5, 0.6) is 0 Å². The maximum atomic E-state index is 12.9. The van der Waals surface area contributed by atoms with Crippen LogP contribution in [0.15, 0.2) is 40.9 Å². The van der Waals surface area contributed by atoms with Crippen molar-refractivity contribution in [2.45, 2.75) is 40.2 Å². The summed E-state index contributed by atoms with van der Waals surface area (Å²) in [7, 11) is 0. The Morgan fingerprint density at radius 1 is 1.03 bits per heavy atom. The fourth-order valence-corrected chi connectivity index (χ4v) is 4.04. The molecule has 1 aliphatic rings. The number of esters is 1. The monoisotopic (exact) mass is 500 g/mol. The summed E-state index contributed by atoms with van der Waals surface area (Å²) in [6.07, 6.45) is 0.233. The van der Waals surface area contributed by atoms with Gasteiger partial charge in [-0.15, -0.1) is 0 Å². The van der Waals surface area contributed by atoms with Crippen LogP contribution in [-0.4, -0.2) is 41.2 Å². The van der Waals surface area contributed by atoms with Crippen LogP contribution in [0.1, 0.15) is 52.1 Å². The van der Waals surface area contributed by atoms with Crippen molar-refractivity contribution >= 4 is 45.3 Å². The first-order chi connectivity index (χ1) is 15.1. The molecule has 1 heterocycles. The summed E-state index contributed by atoms with van der Waals surface area (Å²) in [5.74, 6) is -2.34. The lowest BCUT2D eigenvalue weighted by atomic mass is 10.0. The highest BCUT2D eigenvalue weighted by atomic mass is 79.9. The number of nitrogens with zero attached hydrogens (tertiary/aromatic N) is 1. The molecule has 0 spiro atoms. The number of rotatable bonds is 7. The molecular formula is C24H25BrN2O5. The van der Waals surface area contributed by atoms with Crippen LogP contribution in [0, 0.1) is 19.8 Å². The third-order valence-corrected chi connectivity index (χ3v) is 6.08. The lowest BCUT2D eigenvalue weighted by Gasteiger charge is -2.25. The number of carbonyl (C=O) groups is 4. The molecule has 0 bridgehead atoms. The first-order valence-electron chi connectivity index (χ1n) is 10.3. The number of carbonyl (C=O) groups excluding carboxylic acids is 4. The molecule has 0 saturated heterocycles. The third kappa shape index (κ3) is 4.91. The maximum Gasteiger partial charge on any atom is 0.329 e. The summed E-state index contributed by atoms with van der Waals surface area (Å²) >= 11 is 3.44. The summed E-state index contributed by atoms with van der Waals surface area (Å²) in [4.78, 5) is 51.9. The second-order valence-electron chi connectivity index (χ2n) is 8.24. The molecule has 0 radical (unpaired) electrons. The molecule has 3 amide bonds. The lowest BCUT2D eigenvalue weighted by molar-refractivity contribution is -0.151. The number of hydrogen-bond donors (Lipinski definition) is 1. The summed E-state index contributed by atoms with van der Waals surface area (Å²) in [5.41, 5.74) is 2.94. The molecule has 3 rings (SSSR count). The Kier molecular flexibility index (Phi) is 7.13. The molecule has 0 fully saturated rings. The van der Waals surface area contributed by atoms with Gasteiger partial charge < -0.3 is 10.1 Å². The fraction of sp³-hybridized carbons (Fsp3) is 0.333. The van der Waals surface area contributed by atoms with Gasteiger partial charge in [0.05, 0.1) is 11.1 Å². The number of hydrogen-bond acceptors (Lipinski definition) is 5. The molecule has 2 aromatic carbocycles. The molecule has 1 N–H and O–H groups in total. The van der Waals surface area contributed by atoms with Gasteiger partial charge in [-0.1, -0.05) is 41.9 Å². The van der Waals surface area contributed by atoms with Crippen molar-refractivity contribution in [3.8, 4) is 0 Å². The molecule has 0 saturated carbocycles. The Labute approximate surface area is 195 Å². The SMILES string of the molecule is Cc1cc(NC(=O)COC(=O)[C@H](CC(C)C)N2C(=O)c3ccccc3C2=O)c(C)cc1Br. The highest BCUT2D eigenvalue weighted by Gasteiger charge is 2.43. The second-order valence-corrected chi connectivity index (χ2v) is 9.10. The van der Waals surface area contributed by atoms with Crippen molar-refractivity contribution in [1.29, 1.82) is 0 Å². The van der Waals surface area contributed by atoms with Crippen LogP contribution in [0.4, 0.5) is 5.69 Å². The zero-order valence-corrected chi connectivity index (χ0v) is 20.0. The molecular weight excluding hydrogens is 476 g/mol. The van der Waals surface area contributed by atoms with Gasteiger partial charge in [0.1, 0.15) is 6.04 Å². The van der Waals surface area contributed by atoms with E-state index < -0.39 is 36.3 Å². The van der Waals surface area contributed by atoms with Crippen LogP contribution >= 0.6 is 15.9 Å². The highest BCUT2D eigenvalue weighted by molar-refractivity contribution is 9.10. The summed E-state index contributed by atoms with van der Waals surface area (Å²) < 4.78 is 6.16. The minimum Gasteiger partial charge on any atom is -0.454 e. The van der Waals surface area contributed by atoms with Crippen molar-refractivity contribution in [3.05, 3.63) is 63.1 Å². The van der Waals surface area contributed by atoms with Gasteiger partial charge in [0, 0.05) is 10.2 Å². The van der Waals surface area contributed by atoms with Gasteiger partial charge >= 0.3 is 5.97 Å². The van der Waals surface area contributed by atoms with E-state index >= 15 is 0 Å². The molecule has 7 nitrogen and oxygen atoms in total. The second kappa shape index (κ2) is 9.65. The minimum atomic E-state index is -1.10. The molecule has 32 heavy (non-hydrogen) atoms. The quantitative estimate of drug-likeness (QED) is 0.452. The molecule has 2 aromatic rings. The fourth-order valence-electron chi connectivity index (χ4n) is 3.58. The van der Waals surface area contributed by atoms with Gasteiger partial charge in [0.25, 0.3) is 17.7 Å². The molecule has 1 atom stereocenters. The van der Waals surface area contributed by atoms with Crippen LogP contribution in [0.3, 0.4) is 0 Å². The van der Waals surface area contributed by atoms with Crippen molar-refractivity contribution in [2.75, 3.05) is 11.9 Å².